The SMILES string of the molecule is C[C@H]1CCCCC1CC1=CCCCC1. The molecule has 1 fully saturated rings. The van der Waals surface area contributed by atoms with Crippen LogP contribution >= 0.6 is 0 Å². The van der Waals surface area contributed by atoms with Gasteiger partial charge in [-0.15, -0.1) is 0 Å². The molecule has 0 aromatic rings. The van der Waals surface area contributed by atoms with E-state index in [2.05, 4.69) is 13.0 Å². The summed E-state index contributed by atoms with van der Waals surface area (Å²) in [7, 11) is 0. The van der Waals surface area contributed by atoms with Gasteiger partial charge in [-0.2, -0.15) is 0 Å². The predicted octanol–water partition coefficient (Wildman–Crippen LogP) is 4.70. The monoisotopic (exact) mass is 192 g/mol. The Labute approximate surface area is 88.8 Å². The van der Waals surface area contributed by atoms with E-state index in [0.717, 1.165) is 11.8 Å². The van der Waals surface area contributed by atoms with Crippen LogP contribution in [0.15, 0.2) is 11.6 Å². The largest absolute Gasteiger partial charge is 0.0853 e. The zero-order valence-corrected chi connectivity index (χ0v) is 9.60. The van der Waals surface area contributed by atoms with Crippen LogP contribution in [0.4, 0.5) is 0 Å². The van der Waals surface area contributed by atoms with Crippen molar-refractivity contribution in [3.05, 3.63) is 11.6 Å². The maximum atomic E-state index is 2.53. The van der Waals surface area contributed by atoms with Crippen molar-refractivity contribution in [1.82, 2.24) is 0 Å². The van der Waals surface area contributed by atoms with Crippen molar-refractivity contribution < 1.29 is 0 Å². The summed E-state index contributed by atoms with van der Waals surface area (Å²) in [4.78, 5) is 0. The standard InChI is InChI=1S/C14H24/c1-12-7-5-6-10-14(12)11-13-8-3-2-4-9-13/h8,12,14H,2-7,9-11H2,1H3/t12-,14?/m0/s1. The summed E-state index contributed by atoms with van der Waals surface area (Å²) < 4.78 is 0. The Kier molecular flexibility index (Phi) is 3.67. The molecule has 2 rings (SSSR count). The summed E-state index contributed by atoms with van der Waals surface area (Å²) >= 11 is 0. The van der Waals surface area contributed by atoms with Crippen molar-refractivity contribution >= 4 is 0 Å². The number of hydrogen-bond donors (Lipinski definition) is 0. The summed E-state index contributed by atoms with van der Waals surface area (Å²) in [6, 6.07) is 0. The van der Waals surface area contributed by atoms with Crippen LogP contribution in [0.25, 0.3) is 0 Å². The van der Waals surface area contributed by atoms with Crippen LogP contribution in [0.3, 0.4) is 0 Å². The first-order chi connectivity index (χ1) is 6.86. The normalized spacial score (nSPS) is 33.9. The summed E-state index contributed by atoms with van der Waals surface area (Å²) in [5.74, 6) is 2.01. The van der Waals surface area contributed by atoms with E-state index in [1.54, 1.807) is 5.57 Å². The molecule has 0 amide bonds. The summed E-state index contributed by atoms with van der Waals surface area (Å²) in [6.45, 7) is 2.47. The quantitative estimate of drug-likeness (QED) is 0.556. The lowest BCUT2D eigenvalue weighted by molar-refractivity contribution is 0.252. The zero-order valence-electron chi connectivity index (χ0n) is 9.60. The fourth-order valence-electron chi connectivity index (χ4n) is 3.12. The van der Waals surface area contributed by atoms with Crippen molar-refractivity contribution in [3.8, 4) is 0 Å². The molecule has 0 N–H and O–H groups in total. The second kappa shape index (κ2) is 5.00. The lowest BCUT2D eigenvalue weighted by Gasteiger charge is -2.30. The van der Waals surface area contributed by atoms with Gasteiger partial charge >= 0.3 is 0 Å². The van der Waals surface area contributed by atoms with E-state index in [1.807, 2.05) is 0 Å². The molecule has 2 aliphatic rings. The average molecular weight is 192 g/mol. The van der Waals surface area contributed by atoms with Crippen LogP contribution < -0.4 is 0 Å². The fourth-order valence-corrected chi connectivity index (χ4v) is 3.12. The fraction of sp³-hybridized carbons (Fsp3) is 0.857. The van der Waals surface area contributed by atoms with Crippen molar-refractivity contribution in [1.29, 1.82) is 0 Å². The molecule has 0 aromatic heterocycles. The van der Waals surface area contributed by atoms with Crippen LogP contribution in [-0.4, -0.2) is 0 Å². The van der Waals surface area contributed by atoms with Crippen molar-refractivity contribution in [2.45, 2.75) is 64.7 Å². The maximum Gasteiger partial charge on any atom is -0.0289 e. The van der Waals surface area contributed by atoms with Gasteiger partial charge in [0.1, 0.15) is 0 Å². The molecule has 0 spiro atoms. The molecule has 1 unspecified atom stereocenters. The van der Waals surface area contributed by atoms with Crippen molar-refractivity contribution in [2.75, 3.05) is 0 Å². The molecule has 0 aromatic carbocycles. The summed E-state index contributed by atoms with van der Waals surface area (Å²) in [5, 5.41) is 0. The first-order valence-corrected chi connectivity index (χ1v) is 6.54. The van der Waals surface area contributed by atoms with Crippen LogP contribution in [0, 0.1) is 11.8 Å². The van der Waals surface area contributed by atoms with Gasteiger partial charge in [0.2, 0.25) is 0 Å². The van der Waals surface area contributed by atoms with Gasteiger partial charge < -0.3 is 0 Å². The Hall–Kier alpha value is -0.260. The molecule has 1 saturated carbocycles. The predicted molar refractivity (Wildman–Crippen MR) is 62.3 cm³/mol. The molecule has 0 nitrogen and oxygen atoms in total. The molecule has 0 heterocycles. The molecule has 2 aliphatic carbocycles. The van der Waals surface area contributed by atoms with Crippen LogP contribution in [-0.2, 0) is 0 Å². The Morgan fingerprint density at radius 2 is 2.00 bits per heavy atom. The Morgan fingerprint density at radius 1 is 1.14 bits per heavy atom. The second-order valence-corrected chi connectivity index (χ2v) is 5.33. The highest BCUT2D eigenvalue weighted by atomic mass is 14.3. The lowest BCUT2D eigenvalue weighted by atomic mass is 9.76. The third-order valence-corrected chi connectivity index (χ3v) is 4.20. The molecule has 80 valence electrons. The minimum atomic E-state index is 0.992. The zero-order chi connectivity index (χ0) is 9.80. The van der Waals surface area contributed by atoms with E-state index in [1.165, 1.54) is 57.8 Å². The van der Waals surface area contributed by atoms with Gasteiger partial charge in [0.05, 0.1) is 0 Å². The molecule has 14 heavy (non-hydrogen) atoms. The van der Waals surface area contributed by atoms with E-state index < -0.39 is 0 Å². The van der Waals surface area contributed by atoms with Crippen LogP contribution in [0.5, 0.6) is 0 Å². The van der Waals surface area contributed by atoms with Gasteiger partial charge in [-0.25, -0.2) is 0 Å². The van der Waals surface area contributed by atoms with Gasteiger partial charge in [0.25, 0.3) is 0 Å². The lowest BCUT2D eigenvalue weighted by Crippen LogP contribution is -2.17. The van der Waals surface area contributed by atoms with Gasteiger partial charge in [0.15, 0.2) is 0 Å². The van der Waals surface area contributed by atoms with Gasteiger partial charge in [-0.1, -0.05) is 37.8 Å². The topological polar surface area (TPSA) is 0 Å². The van der Waals surface area contributed by atoms with Gasteiger partial charge in [0, 0.05) is 0 Å². The number of hydrogen-bond acceptors (Lipinski definition) is 0. The second-order valence-electron chi connectivity index (χ2n) is 5.33. The minimum absolute atomic E-state index is 0.992. The highest BCUT2D eigenvalue weighted by Gasteiger charge is 2.22. The van der Waals surface area contributed by atoms with E-state index in [-0.39, 0.29) is 0 Å². The van der Waals surface area contributed by atoms with Gasteiger partial charge in [-0.3, -0.25) is 0 Å². The smallest absolute Gasteiger partial charge is 0.0289 e. The minimum Gasteiger partial charge on any atom is -0.0853 e. The molecule has 0 bridgehead atoms. The highest BCUT2D eigenvalue weighted by molar-refractivity contribution is 5.06. The summed E-state index contributed by atoms with van der Waals surface area (Å²) in [6.07, 6.45) is 15.6. The van der Waals surface area contributed by atoms with Crippen LogP contribution in [0.1, 0.15) is 64.7 Å². The van der Waals surface area contributed by atoms with Crippen molar-refractivity contribution in [2.24, 2.45) is 11.8 Å². The number of rotatable bonds is 2. The first-order valence-electron chi connectivity index (χ1n) is 6.54. The van der Waals surface area contributed by atoms with E-state index in [0.29, 0.717) is 0 Å². The first kappa shape index (κ1) is 10.3. The molecule has 0 saturated heterocycles. The average Bonchev–Trinajstić information content (AvgIpc) is 2.23. The Morgan fingerprint density at radius 3 is 2.71 bits per heavy atom. The molecule has 0 aliphatic heterocycles. The highest BCUT2D eigenvalue weighted by Crippen LogP contribution is 2.35. The van der Waals surface area contributed by atoms with E-state index in [4.69, 9.17) is 0 Å². The Balaban J connectivity index is 1.85. The third kappa shape index (κ3) is 2.62. The van der Waals surface area contributed by atoms with Gasteiger partial charge in [-0.05, 0) is 50.4 Å². The van der Waals surface area contributed by atoms with E-state index >= 15 is 0 Å². The molecular weight excluding hydrogens is 168 g/mol. The third-order valence-electron chi connectivity index (χ3n) is 4.20. The molecule has 0 radical (unpaired) electrons. The van der Waals surface area contributed by atoms with Crippen molar-refractivity contribution in [3.63, 3.8) is 0 Å². The molecule has 2 atom stereocenters. The maximum absolute atomic E-state index is 2.53. The molecule has 0 heteroatoms. The summed E-state index contributed by atoms with van der Waals surface area (Å²) in [5.41, 5.74) is 1.79. The molecular formula is C14H24. The number of allylic oxidation sites excluding steroid dienone is 2. The van der Waals surface area contributed by atoms with Crippen LogP contribution in [0.2, 0.25) is 0 Å². The van der Waals surface area contributed by atoms with E-state index in [9.17, 15) is 0 Å². The Bertz CT molecular complexity index is 202.